The number of rotatable bonds is 0. The maximum atomic E-state index is 11.7. The third-order valence-corrected chi connectivity index (χ3v) is 5.35. The summed E-state index contributed by atoms with van der Waals surface area (Å²) in [4.78, 5) is 12.2. The monoisotopic (exact) mass is 243 g/mol. The zero-order chi connectivity index (χ0) is 9.00. The first kappa shape index (κ1) is 8.27. The fraction of sp³-hybridized carbons (Fsp3) is 0.900. The summed E-state index contributed by atoms with van der Waals surface area (Å²) >= 11 is 3.74. The number of halogens is 1. The zero-order valence-corrected chi connectivity index (χ0v) is 9.09. The van der Waals surface area contributed by atoms with Crippen LogP contribution in [0.3, 0.4) is 0 Å². The Morgan fingerprint density at radius 2 is 2.08 bits per heavy atom. The Hall–Kier alpha value is -0.0500. The topological polar surface area (TPSA) is 29.1 Å². The lowest BCUT2D eigenvalue weighted by Crippen LogP contribution is -2.44. The standard InChI is InChI=1S/C10H14BrNO/c11-9-6-1-5-2-7(4-6)10(13)12-8(9)3-5/h5-9H,1-4H2,(H,12,13)/t5?,6?,7?,8?,9-/m1/s1. The maximum absolute atomic E-state index is 11.7. The lowest BCUT2D eigenvalue weighted by molar-refractivity contribution is -0.125. The second-order valence-electron chi connectivity index (χ2n) is 4.83. The van der Waals surface area contributed by atoms with Gasteiger partial charge in [-0.2, -0.15) is 0 Å². The fourth-order valence-corrected chi connectivity index (χ4v) is 4.19. The van der Waals surface area contributed by atoms with E-state index in [0.29, 0.717) is 22.7 Å². The van der Waals surface area contributed by atoms with Crippen LogP contribution >= 0.6 is 15.9 Å². The zero-order valence-electron chi connectivity index (χ0n) is 7.50. The van der Waals surface area contributed by atoms with Crippen molar-refractivity contribution >= 4 is 21.8 Å². The Kier molecular flexibility index (Phi) is 1.73. The van der Waals surface area contributed by atoms with Gasteiger partial charge in [0.1, 0.15) is 0 Å². The van der Waals surface area contributed by atoms with Crippen LogP contribution < -0.4 is 5.32 Å². The molecule has 0 aromatic rings. The van der Waals surface area contributed by atoms with E-state index in [1.807, 2.05) is 0 Å². The highest BCUT2D eigenvalue weighted by Gasteiger charge is 2.47. The van der Waals surface area contributed by atoms with Gasteiger partial charge in [-0.1, -0.05) is 15.9 Å². The molecular weight excluding hydrogens is 230 g/mol. The van der Waals surface area contributed by atoms with Crippen LogP contribution in [0.1, 0.15) is 25.7 Å². The van der Waals surface area contributed by atoms with E-state index in [1.54, 1.807) is 0 Å². The lowest BCUT2D eigenvalue weighted by Gasteiger charge is -2.40. The molecular formula is C10H14BrNO. The second kappa shape index (κ2) is 2.72. The summed E-state index contributed by atoms with van der Waals surface area (Å²) < 4.78 is 0. The Bertz CT molecular complexity index is 255. The van der Waals surface area contributed by atoms with E-state index in [1.165, 1.54) is 12.8 Å². The molecule has 4 bridgehead atoms. The van der Waals surface area contributed by atoms with E-state index in [9.17, 15) is 4.79 Å². The number of carbonyl (C=O) groups is 1. The molecule has 72 valence electrons. The Morgan fingerprint density at radius 1 is 1.23 bits per heavy atom. The molecule has 0 aromatic heterocycles. The number of hydrogen-bond donors (Lipinski definition) is 1. The van der Waals surface area contributed by atoms with Gasteiger partial charge in [0.15, 0.2) is 0 Å². The smallest absolute Gasteiger partial charge is 0.223 e. The first-order valence-electron chi connectivity index (χ1n) is 5.18. The Labute approximate surface area is 86.6 Å². The van der Waals surface area contributed by atoms with Crippen LogP contribution in [0, 0.1) is 17.8 Å². The van der Waals surface area contributed by atoms with Crippen molar-refractivity contribution in [1.29, 1.82) is 0 Å². The highest BCUT2D eigenvalue weighted by Crippen LogP contribution is 2.47. The number of carbonyl (C=O) groups excluding carboxylic acids is 1. The molecule has 0 radical (unpaired) electrons. The lowest BCUT2D eigenvalue weighted by atomic mass is 9.68. The van der Waals surface area contributed by atoms with Gasteiger partial charge >= 0.3 is 0 Å². The molecule has 4 fully saturated rings. The number of amides is 1. The van der Waals surface area contributed by atoms with E-state index in [4.69, 9.17) is 0 Å². The maximum Gasteiger partial charge on any atom is 0.223 e. The van der Waals surface area contributed by atoms with Crippen molar-refractivity contribution in [3.63, 3.8) is 0 Å². The van der Waals surface area contributed by atoms with Crippen LogP contribution in [-0.4, -0.2) is 16.8 Å². The normalized spacial score (nSPS) is 53.3. The van der Waals surface area contributed by atoms with Crippen LogP contribution in [0.2, 0.25) is 0 Å². The van der Waals surface area contributed by atoms with E-state index in [0.717, 1.165) is 24.7 Å². The van der Waals surface area contributed by atoms with Crippen molar-refractivity contribution in [1.82, 2.24) is 5.32 Å². The van der Waals surface area contributed by atoms with Crippen LogP contribution in [0.25, 0.3) is 0 Å². The van der Waals surface area contributed by atoms with Crippen molar-refractivity contribution in [2.24, 2.45) is 17.8 Å². The molecule has 0 aromatic carbocycles. The molecule has 1 N–H and O–H groups in total. The molecule has 4 rings (SSSR count). The van der Waals surface area contributed by atoms with Gasteiger partial charge in [0.05, 0.1) is 0 Å². The third-order valence-electron chi connectivity index (χ3n) is 3.96. The van der Waals surface area contributed by atoms with Crippen molar-refractivity contribution < 1.29 is 4.79 Å². The van der Waals surface area contributed by atoms with Gasteiger partial charge in [0.2, 0.25) is 5.91 Å². The molecule has 13 heavy (non-hydrogen) atoms. The second-order valence-corrected chi connectivity index (χ2v) is 5.88. The number of fused-ring (bicyclic) bond motifs is 1. The minimum absolute atomic E-state index is 0.319. The van der Waals surface area contributed by atoms with Gasteiger partial charge in [0, 0.05) is 16.8 Å². The average Bonchev–Trinajstić information content (AvgIpc) is 2.26. The number of alkyl halides is 1. The van der Waals surface area contributed by atoms with Gasteiger partial charge in [0.25, 0.3) is 0 Å². The molecule has 5 atom stereocenters. The molecule has 1 amide bonds. The van der Waals surface area contributed by atoms with E-state index >= 15 is 0 Å². The first-order valence-corrected chi connectivity index (χ1v) is 6.10. The predicted octanol–water partition coefficient (Wildman–Crippen LogP) is 1.68. The molecule has 0 spiro atoms. The highest BCUT2D eigenvalue weighted by atomic mass is 79.9. The first-order chi connectivity index (χ1) is 6.24. The molecule has 3 heteroatoms. The predicted molar refractivity (Wildman–Crippen MR) is 53.6 cm³/mol. The van der Waals surface area contributed by atoms with Gasteiger partial charge in [-0.15, -0.1) is 0 Å². The molecule has 4 aliphatic rings. The highest BCUT2D eigenvalue weighted by molar-refractivity contribution is 9.09. The van der Waals surface area contributed by atoms with Crippen LogP contribution in [0.4, 0.5) is 0 Å². The molecule has 2 aliphatic heterocycles. The van der Waals surface area contributed by atoms with Gasteiger partial charge < -0.3 is 5.32 Å². The van der Waals surface area contributed by atoms with E-state index in [2.05, 4.69) is 21.2 Å². The third kappa shape index (κ3) is 1.16. The summed E-state index contributed by atoms with van der Waals surface area (Å²) in [7, 11) is 0. The summed E-state index contributed by atoms with van der Waals surface area (Å²) in [5.74, 6) is 2.22. The largest absolute Gasteiger partial charge is 0.352 e. The van der Waals surface area contributed by atoms with Crippen LogP contribution in [0.5, 0.6) is 0 Å². The van der Waals surface area contributed by atoms with Gasteiger partial charge in [-0.25, -0.2) is 0 Å². The summed E-state index contributed by atoms with van der Waals surface area (Å²) in [6.07, 6.45) is 4.82. The SMILES string of the molecule is O=C1NC2CC3CC1CC(C3)[C@H]2Br. The van der Waals surface area contributed by atoms with Crippen molar-refractivity contribution in [2.45, 2.75) is 36.6 Å². The molecule has 2 saturated heterocycles. The minimum atomic E-state index is 0.319. The quantitative estimate of drug-likeness (QED) is 0.645. The van der Waals surface area contributed by atoms with E-state index in [-0.39, 0.29) is 0 Å². The van der Waals surface area contributed by atoms with Gasteiger partial charge in [-0.3, -0.25) is 4.79 Å². The van der Waals surface area contributed by atoms with Crippen LogP contribution in [-0.2, 0) is 4.79 Å². The van der Waals surface area contributed by atoms with Gasteiger partial charge in [-0.05, 0) is 37.5 Å². The molecule has 4 unspecified atom stereocenters. The summed E-state index contributed by atoms with van der Waals surface area (Å²) in [6, 6.07) is 0.420. The summed E-state index contributed by atoms with van der Waals surface area (Å²) in [6.45, 7) is 0. The molecule has 2 heterocycles. The van der Waals surface area contributed by atoms with E-state index < -0.39 is 0 Å². The summed E-state index contributed by atoms with van der Waals surface area (Å²) in [5.41, 5.74) is 0. The van der Waals surface area contributed by atoms with Crippen molar-refractivity contribution in [2.75, 3.05) is 0 Å². The average molecular weight is 244 g/mol. The Balaban J connectivity index is 1.98. The van der Waals surface area contributed by atoms with Crippen molar-refractivity contribution in [3.8, 4) is 0 Å². The fourth-order valence-electron chi connectivity index (χ4n) is 3.41. The summed E-state index contributed by atoms with van der Waals surface area (Å²) in [5, 5.41) is 3.17. The molecule has 2 saturated carbocycles. The molecule has 2 aliphatic carbocycles. The molecule has 2 nitrogen and oxygen atoms in total. The number of hydrogen-bond acceptors (Lipinski definition) is 1. The number of nitrogens with one attached hydrogen (secondary N) is 1. The minimum Gasteiger partial charge on any atom is -0.352 e. The Morgan fingerprint density at radius 3 is 2.92 bits per heavy atom. The van der Waals surface area contributed by atoms with Crippen molar-refractivity contribution in [3.05, 3.63) is 0 Å². The van der Waals surface area contributed by atoms with Crippen LogP contribution in [0.15, 0.2) is 0 Å².